The van der Waals surface area contributed by atoms with E-state index in [0.29, 0.717) is 56.3 Å². The molecule has 2 aromatic heterocycles. The van der Waals surface area contributed by atoms with Crippen LogP contribution in [0.1, 0.15) is 52.4 Å². The number of hydrogen-bond donors (Lipinski definition) is 2. The Labute approximate surface area is 340 Å². The highest BCUT2D eigenvalue weighted by Crippen LogP contribution is 2.33. The minimum absolute atomic E-state index is 0.0270. The Morgan fingerprint density at radius 1 is 0.948 bits per heavy atom. The molecule has 0 spiro atoms. The topological polar surface area (TPSA) is 144 Å². The van der Waals surface area contributed by atoms with Crippen LogP contribution in [0.25, 0.3) is 22.4 Å². The first-order chi connectivity index (χ1) is 27.7. The molecule has 308 valence electrons. The molecule has 0 radical (unpaired) electrons. The molecule has 1 unspecified atom stereocenters. The Kier molecular flexibility index (Phi) is 12.0. The van der Waals surface area contributed by atoms with Crippen LogP contribution in [0.5, 0.6) is 0 Å². The molecule has 7 rings (SSSR count). The van der Waals surface area contributed by atoms with Crippen molar-refractivity contribution in [3.63, 3.8) is 0 Å². The van der Waals surface area contributed by atoms with Crippen LogP contribution < -0.4 is 10.6 Å². The Bertz CT molecular complexity index is 2220. The van der Waals surface area contributed by atoms with Gasteiger partial charge in [0, 0.05) is 87.2 Å². The molecule has 4 aromatic rings. The molecule has 0 aliphatic carbocycles. The number of benzene rings is 2. The largest absolute Gasteiger partial charge is 0.379 e. The standard InChI is InChI=1S/C41H48ClF2N9O5/c1-25-32(22-52(48-25)23-35(54)46-28-6-5-19-58-24-28)29-9-10-31(37(44)36(29)43)34-21-45-38(49(34)2)39(55)47-27-7-8-30(33(42)20-27)41(57)51-15-13-50(14-16-51)40(56)26-11-17-53(3,4)18-12-26/h7-10,20-22,26,28H,5-6,11-19,23-24H2,1-4H3,(H-,46,47,54,55,57)/p+1. The monoisotopic (exact) mass is 820 g/mol. The number of aryl methyl sites for hydroxylation is 1. The molecule has 58 heavy (non-hydrogen) atoms. The number of carbonyl (C=O) groups is 4. The minimum atomic E-state index is -1.14. The van der Waals surface area contributed by atoms with E-state index in [0.717, 1.165) is 43.3 Å². The molecule has 2 N–H and O–H groups in total. The minimum Gasteiger partial charge on any atom is -0.379 e. The maximum absolute atomic E-state index is 15.7. The zero-order valence-corrected chi connectivity index (χ0v) is 34.0. The van der Waals surface area contributed by atoms with Crippen molar-refractivity contribution in [2.75, 3.05) is 71.9 Å². The van der Waals surface area contributed by atoms with Gasteiger partial charge in [-0.05, 0) is 44.0 Å². The molecule has 3 saturated heterocycles. The molecule has 17 heteroatoms. The lowest BCUT2D eigenvalue weighted by Crippen LogP contribution is -2.54. The van der Waals surface area contributed by atoms with Gasteiger partial charge in [-0.3, -0.25) is 23.9 Å². The summed E-state index contributed by atoms with van der Waals surface area (Å²) in [6.45, 7) is 6.34. The molecule has 4 amide bonds. The van der Waals surface area contributed by atoms with Gasteiger partial charge >= 0.3 is 0 Å². The lowest BCUT2D eigenvalue weighted by atomic mass is 9.94. The Morgan fingerprint density at radius 3 is 2.33 bits per heavy atom. The number of carbonyl (C=O) groups excluding carboxylic acids is 4. The summed E-state index contributed by atoms with van der Waals surface area (Å²) in [5.74, 6) is -3.29. The third-order valence-electron chi connectivity index (χ3n) is 11.5. The predicted molar refractivity (Wildman–Crippen MR) is 213 cm³/mol. The summed E-state index contributed by atoms with van der Waals surface area (Å²) >= 11 is 6.56. The first-order valence-corrected chi connectivity index (χ1v) is 20.0. The average molecular weight is 821 g/mol. The number of hydrogen-bond acceptors (Lipinski definition) is 7. The third kappa shape index (κ3) is 8.78. The first-order valence-electron chi connectivity index (χ1n) is 19.6. The summed E-state index contributed by atoms with van der Waals surface area (Å²) in [7, 11) is 5.88. The summed E-state index contributed by atoms with van der Waals surface area (Å²) in [5.41, 5.74) is 1.35. The molecule has 0 bridgehead atoms. The van der Waals surface area contributed by atoms with Crippen LogP contribution in [0.15, 0.2) is 42.7 Å². The summed E-state index contributed by atoms with van der Waals surface area (Å²) < 4.78 is 40.5. The van der Waals surface area contributed by atoms with E-state index < -0.39 is 17.5 Å². The molecule has 5 heterocycles. The van der Waals surface area contributed by atoms with Crippen molar-refractivity contribution in [2.45, 2.75) is 45.2 Å². The average Bonchev–Trinajstić information content (AvgIpc) is 3.76. The number of nitrogens with zero attached hydrogens (tertiary/aromatic N) is 7. The predicted octanol–water partition coefficient (Wildman–Crippen LogP) is 4.51. The van der Waals surface area contributed by atoms with Crippen molar-refractivity contribution < 1.29 is 37.2 Å². The van der Waals surface area contributed by atoms with Crippen molar-refractivity contribution >= 4 is 40.9 Å². The third-order valence-corrected chi connectivity index (χ3v) is 11.8. The zero-order chi connectivity index (χ0) is 41.3. The van der Waals surface area contributed by atoms with Gasteiger partial charge in [0.15, 0.2) is 17.5 Å². The zero-order valence-electron chi connectivity index (χ0n) is 33.2. The van der Waals surface area contributed by atoms with Gasteiger partial charge in [0.05, 0.1) is 68.0 Å². The molecule has 0 saturated carbocycles. The van der Waals surface area contributed by atoms with Crippen molar-refractivity contribution in [1.29, 1.82) is 0 Å². The number of ether oxygens (including phenoxy) is 1. The van der Waals surface area contributed by atoms with E-state index in [4.69, 9.17) is 16.3 Å². The van der Waals surface area contributed by atoms with E-state index in [-0.39, 0.29) is 69.5 Å². The van der Waals surface area contributed by atoms with Gasteiger partial charge in [-0.15, -0.1) is 0 Å². The fourth-order valence-corrected chi connectivity index (χ4v) is 8.25. The van der Waals surface area contributed by atoms with Gasteiger partial charge in [-0.25, -0.2) is 13.8 Å². The quantitative estimate of drug-likeness (QED) is 0.237. The molecule has 2 aromatic carbocycles. The van der Waals surface area contributed by atoms with Crippen LogP contribution in [-0.4, -0.2) is 130 Å². The number of piperidine rings is 1. The number of nitrogens with one attached hydrogen (secondary N) is 2. The molecule has 3 aliphatic rings. The van der Waals surface area contributed by atoms with Gasteiger partial charge in [-0.1, -0.05) is 17.7 Å². The maximum atomic E-state index is 15.7. The number of piperazine rings is 1. The van der Waals surface area contributed by atoms with Crippen molar-refractivity contribution in [3.05, 3.63) is 76.5 Å². The van der Waals surface area contributed by atoms with Crippen molar-refractivity contribution in [1.82, 2.24) is 34.4 Å². The van der Waals surface area contributed by atoms with Gasteiger partial charge in [-0.2, -0.15) is 5.10 Å². The van der Waals surface area contributed by atoms with E-state index >= 15 is 8.78 Å². The summed E-state index contributed by atoms with van der Waals surface area (Å²) in [6, 6.07) is 7.32. The molecule has 14 nitrogen and oxygen atoms in total. The molecular formula is C41H49ClF2N9O5+. The SMILES string of the molecule is Cc1nn(CC(=O)NC2CCCOC2)cc1-c1ccc(-c2cnc(C(=O)Nc3ccc(C(=O)N4CCN(C(=O)C5CC[N+](C)(C)CC5)CC4)c(Cl)c3)n2C)c(F)c1F. The number of quaternary nitrogens is 1. The van der Waals surface area contributed by atoms with Crippen LogP contribution in [0.2, 0.25) is 5.02 Å². The Balaban J connectivity index is 0.966. The van der Waals surface area contributed by atoms with Crippen LogP contribution in [0, 0.1) is 24.5 Å². The maximum Gasteiger partial charge on any atom is 0.291 e. The normalized spacial score (nSPS) is 18.6. The van der Waals surface area contributed by atoms with E-state index in [1.165, 1.54) is 53.0 Å². The van der Waals surface area contributed by atoms with Crippen molar-refractivity contribution in [3.8, 4) is 22.4 Å². The highest BCUT2D eigenvalue weighted by atomic mass is 35.5. The van der Waals surface area contributed by atoms with E-state index in [1.807, 2.05) is 4.90 Å². The van der Waals surface area contributed by atoms with Gasteiger partial charge in [0.1, 0.15) is 6.54 Å². The first kappa shape index (κ1) is 41.0. The number of halogens is 3. The van der Waals surface area contributed by atoms with Crippen LogP contribution >= 0.6 is 11.6 Å². The molecule has 3 fully saturated rings. The second-order valence-corrected chi connectivity index (χ2v) is 16.5. The lowest BCUT2D eigenvalue weighted by Gasteiger charge is -2.40. The second kappa shape index (κ2) is 17.0. The Hall–Kier alpha value is -5.19. The fourth-order valence-electron chi connectivity index (χ4n) is 7.99. The van der Waals surface area contributed by atoms with Gasteiger partial charge < -0.3 is 34.2 Å². The lowest BCUT2D eigenvalue weighted by molar-refractivity contribution is -0.895. The van der Waals surface area contributed by atoms with E-state index in [1.54, 1.807) is 17.9 Å². The summed E-state index contributed by atoms with van der Waals surface area (Å²) in [4.78, 5) is 60.3. The fraction of sp³-hybridized carbons (Fsp3) is 0.463. The number of likely N-dealkylation sites (tertiary alicyclic amines) is 1. The van der Waals surface area contributed by atoms with E-state index in [9.17, 15) is 19.2 Å². The molecule has 3 aliphatic heterocycles. The number of anilines is 1. The van der Waals surface area contributed by atoms with Crippen LogP contribution in [-0.2, 0) is 27.9 Å². The van der Waals surface area contributed by atoms with Crippen LogP contribution in [0.4, 0.5) is 14.5 Å². The van der Waals surface area contributed by atoms with Crippen LogP contribution in [0.3, 0.4) is 0 Å². The summed E-state index contributed by atoms with van der Waals surface area (Å²) in [5, 5.41) is 10.1. The second-order valence-electron chi connectivity index (χ2n) is 16.0. The number of rotatable bonds is 9. The van der Waals surface area contributed by atoms with Gasteiger partial charge in [0.2, 0.25) is 11.8 Å². The highest BCUT2D eigenvalue weighted by molar-refractivity contribution is 6.34. The highest BCUT2D eigenvalue weighted by Gasteiger charge is 2.35. The Morgan fingerprint density at radius 2 is 1.64 bits per heavy atom. The number of imidazole rings is 1. The van der Waals surface area contributed by atoms with E-state index in [2.05, 4.69) is 34.8 Å². The van der Waals surface area contributed by atoms with Crippen molar-refractivity contribution in [2.24, 2.45) is 13.0 Å². The molecule has 1 atom stereocenters. The molecular weight excluding hydrogens is 772 g/mol. The number of aromatic nitrogens is 4. The smallest absolute Gasteiger partial charge is 0.291 e. The van der Waals surface area contributed by atoms with Gasteiger partial charge in [0.25, 0.3) is 11.8 Å². The number of amides is 4. The summed E-state index contributed by atoms with van der Waals surface area (Å²) in [6.07, 6.45) is 6.21.